The molecule has 4 rings (SSSR count). The molecule has 190 valence electrons. The van der Waals surface area contributed by atoms with E-state index in [9.17, 15) is 22.8 Å². The largest absolute Gasteiger partial charge is 0.271 e. The number of nitrogens with zero attached hydrogens (tertiary/aromatic N) is 2. The maximum Gasteiger partial charge on any atom is 0.271 e. The van der Waals surface area contributed by atoms with Crippen molar-refractivity contribution in [3.05, 3.63) is 90.9 Å². The molecule has 0 fully saturated rings. The van der Waals surface area contributed by atoms with Crippen molar-refractivity contribution in [3.8, 4) is 0 Å². The van der Waals surface area contributed by atoms with Gasteiger partial charge in [-0.2, -0.15) is 5.10 Å². The summed E-state index contributed by atoms with van der Waals surface area (Å²) < 4.78 is 22.7. The van der Waals surface area contributed by atoms with E-state index in [-0.39, 0.29) is 47.4 Å². The molecule has 37 heavy (non-hydrogen) atoms. The lowest BCUT2D eigenvalue weighted by Gasteiger charge is -2.14. The van der Waals surface area contributed by atoms with Gasteiger partial charge in [0, 0.05) is 5.56 Å². The van der Waals surface area contributed by atoms with E-state index in [2.05, 4.69) is 10.5 Å². The lowest BCUT2D eigenvalue weighted by molar-refractivity contribution is 0.0922. The predicted molar refractivity (Wildman–Crippen MR) is 142 cm³/mol. The van der Waals surface area contributed by atoms with Crippen molar-refractivity contribution >= 4 is 85.5 Å². The first-order valence-electron chi connectivity index (χ1n) is 10.2. The number of nitrogens with one attached hydrogen (secondary N) is 1. The maximum absolute atomic E-state index is 13.0. The quantitative estimate of drug-likeness (QED) is 0.141. The predicted octanol–water partition coefficient (Wildman–Crippen LogP) is 4.90. The van der Waals surface area contributed by atoms with E-state index in [1.807, 2.05) is 0 Å². The van der Waals surface area contributed by atoms with Gasteiger partial charge in [-0.1, -0.05) is 58.5 Å². The molecule has 0 unspecified atom stereocenters. The van der Waals surface area contributed by atoms with E-state index in [0.29, 0.717) is 11.3 Å². The van der Waals surface area contributed by atoms with Crippen molar-refractivity contribution < 1.29 is 22.8 Å². The Morgan fingerprint density at radius 2 is 1.27 bits per heavy atom. The Morgan fingerprint density at radius 3 is 1.73 bits per heavy atom. The topological polar surface area (TPSA) is 139 Å². The number of fused-ring (bicyclic) bond motifs is 1. The number of nitrogens with two attached hydrogens (primary N) is 1. The first-order chi connectivity index (χ1) is 17.3. The number of hydrogen-bond donors (Lipinski definition) is 2. The number of benzene rings is 3. The van der Waals surface area contributed by atoms with Crippen LogP contribution in [0, 0.1) is 0 Å². The fourth-order valence-corrected chi connectivity index (χ4v) is 5.02. The molecule has 3 aromatic carbocycles. The zero-order valence-corrected chi connectivity index (χ0v) is 22.4. The van der Waals surface area contributed by atoms with E-state index in [1.165, 1.54) is 36.4 Å². The molecule has 0 saturated heterocycles. The summed E-state index contributed by atoms with van der Waals surface area (Å²) in [5.74, 6) is -1.98. The average molecular weight is 600 g/mol. The molecule has 3 N–H and O–H groups in total. The molecule has 1 heterocycles. The number of halogens is 4. The lowest BCUT2D eigenvalue weighted by atomic mass is 10.1. The summed E-state index contributed by atoms with van der Waals surface area (Å²) in [5, 5.41) is 8.50. The molecule has 0 atom stereocenters. The highest BCUT2D eigenvalue weighted by atomic mass is 35.5. The fraction of sp³-hybridized carbons (Fsp3) is 0.0435. The van der Waals surface area contributed by atoms with Crippen molar-refractivity contribution in [1.82, 2.24) is 5.43 Å². The molecule has 9 nitrogen and oxygen atoms in total. The Morgan fingerprint density at radius 1 is 0.811 bits per heavy atom. The number of rotatable bonds is 5. The van der Waals surface area contributed by atoms with Crippen molar-refractivity contribution in [2.24, 2.45) is 10.2 Å². The summed E-state index contributed by atoms with van der Waals surface area (Å²) in [6.07, 6.45) is 0. The van der Waals surface area contributed by atoms with Crippen molar-refractivity contribution in [3.63, 3.8) is 0 Å². The third-order valence-corrected chi connectivity index (χ3v) is 8.15. The zero-order chi connectivity index (χ0) is 27.2. The van der Waals surface area contributed by atoms with Gasteiger partial charge >= 0.3 is 0 Å². The van der Waals surface area contributed by atoms with Crippen LogP contribution in [0.2, 0.25) is 20.1 Å². The molecular weight excluding hydrogens is 586 g/mol. The summed E-state index contributed by atoms with van der Waals surface area (Å²) in [5.41, 5.74) is 3.50. The van der Waals surface area contributed by atoms with Crippen LogP contribution in [-0.4, -0.2) is 31.9 Å². The minimum absolute atomic E-state index is 0.125. The van der Waals surface area contributed by atoms with E-state index < -0.39 is 27.7 Å². The van der Waals surface area contributed by atoms with E-state index >= 15 is 0 Å². The summed E-state index contributed by atoms with van der Waals surface area (Å²) in [4.78, 5) is 39.1. The second-order valence-corrected chi connectivity index (χ2v) is 10.8. The van der Waals surface area contributed by atoms with Crippen LogP contribution in [0.1, 0.15) is 43.6 Å². The fourth-order valence-electron chi connectivity index (χ4n) is 3.50. The number of sulfonamides is 1. The lowest BCUT2D eigenvalue weighted by Crippen LogP contribution is -2.29. The van der Waals surface area contributed by atoms with E-state index in [4.69, 9.17) is 51.5 Å². The van der Waals surface area contributed by atoms with Gasteiger partial charge in [-0.3, -0.25) is 14.4 Å². The first-order valence-corrected chi connectivity index (χ1v) is 13.2. The number of hydrogen-bond acceptors (Lipinski definition) is 6. The van der Waals surface area contributed by atoms with Crippen LogP contribution in [0.5, 0.6) is 0 Å². The Hall–Kier alpha value is -2.99. The van der Waals surface area contributed by atoms with Gasteiger partial charge in [0.15, 0.2) is 0 Å². The SMILES string of the molecule is C/C(=N\NC(=O)c1ccc(S(N)(=O)=O)cc1)c1ccc(N2C(=O)c3c(Cl)c(Cl)c(Cl)c(Cl)c3C2=O)cc1. The second kappa shape index (κ2) is 10.1. The molecule has 14 heteroatoms. The van der Waals surface area contributed by atoms with Gasteiger partial charge < -0.3 is 0 Å². The van der Waals surface area contributed by atoms with Gasteiger partial charge in [0.1, 0.15) is 0 Å². The number of hydrazone groups is 1. The molecule has 3 aromatic rings. The highest BCUT2D eigenvalue weighted by Gasteiger charge is 2.42. The summed E-state index contributed by atoms with van der Waals surface area (Å²) in [6.45, 7) is 1.63. The maximum atomic E-state index is 13.0. The first kappa shape index (κ1) is 27.1. The molecule has 0 radical (unpaired) electrons. The van der Waals surface area contributed by atoms with Crippen LogP contribution in [0.15, 0.2) is 58.5 Å². The minimum atomic E-state index is -3.88. The van der Waals surface area contributed by atoms with Gasteiger partial charge in [0.05, 0.1) is 47.5 Å². The molecular formula is C23H14Cl4N4O5S. The highest BCUT2D eigenvalue weighted by molar-refractivity contribution is 7.89. The average Bonchev–Trinajstić information content (AvgIpc) is 3.14. The van der Waals surface area contributed by atoms with Gasteiger partial charge in [-0.15, -0.1) is 0 Å². The van der Waals surface area contributed by atoms with E-state index in [0.717, 1.165) is 4.90 Å². The number of amides is 3. The van der Waals surface area contributed by atoms with Crippen LogP contribution < -0.4 is 15.5 Å². The van der Waals surface area contributed by atoms with Gasteiger partial charge in [-0.25, -0.2) is 23.9 Å². The van der Waals surface area contributed by atoms with Crippen molar-refractivity contribution in [2.45, 2.75) is 11.8 Å². The van der Waals surface area contributed by atoms with Crippen molar-refractivity contribution in [2.75, 3.05) is 4.90 Å². The number of carbonyl (C=O) groups is 3. The second-order valence-electron chi connectivity index (χ2n) is 7.71. The highest BCUT2D eigenvalue weighted by Crippen LogP contribution is 2.45. The Labute approximate surface area is 230 Å². The number of imide groups is 1. The van der Waals surface area contributed by atoms with Crippen molar-refractivity contribution in [1.29, 1.82) is 0 Å². The summed E-state index contributed by atoms with van der Waals surface area (Å²) >= 11 is 24.4. The van der Waals surface area contributed by atoms with Gasteiger partial charge in [-0.05, 0) is 48.9 Å². The molecule has 1 aliphatic heterocycles. The molecule has 0 bridgehead atoms. The molecule has 1 aliphatic rings. The zero-order valence-electron chi connectivity index (χ0n) is 18.6. The third-order valence-electron chi connectivity index (χ3n) is 5.41. The Balaban J connectivity index is 1.53. The molecule has 0 aliphatic carbocycles. The van der Waals surface area contributed by atoms with Crippen LogP contribution >= 0.6 is 46.4 Å². The number of carbonyl (C=O) groups excluding carboxylic acids is 3. The van der Waals surface area contributed by atoms with E-state index in [1.54, 1.807) is 19.1 Å². The minimum Gasteiger partial charge on any atom is -0.268 e. The Bertz CT molecular complexity index is 1580. The normalized spacial score (nSPS) is 13.7. The van der Waals surface area contributed by atoms with Gasteiger partial charge in [0.2, 0.25) is 10.0 Å². The van der Waals surface area contributed by atoms with Gasteiger partial charge in [0.25, 0.3) is 17.7 Å². The van der Waals surface area contributed by atoms with Crippen LogP contribution in [0.3, 0.4) is 0 Å². The molecule has 0 aromatic heterocycles. The molecule has 0 saturated carbocycles. The third kappa shape index (κ3) is 4.96. The molecule has 3 amide bonds. The summed E-state index contributed by atoms with van der Waals surface area (Å²) in [6, 6.07) is 11.2. The van der Waals surface area contributed by atoms with Crippen LogP contribution in [-0.2, 0) is 10.0 Å². The Kier molecular flexibility index (Phi) is 7.35. The van der Waals surface area contributed by atoms with Crippen LogP contribution in [0.25, 0.3) is 0 Å². The monoisotopic (exact) mass is 598 g/mol. The smallest absolute Gasteiger partial charge is 0.268 e. The number of primary sulfonamides is 1. The standard InChI is InChI=1S/C23H14Cl4N4O5S/c1-10(29-30-21(32)12-4-8-14(9-5-12)37(28,35)36)11-2-6-13(7-3-11)31-22(33)15-16(23(31)34)18(25)20(27)19(26)17(15)24/h2-9H,1H3,(H,30,32)(H2,28,35,36)/b29-10+. The molecule has 0 spiro atoms. The number of anilines is 1. The van der Waals surface area contributed by atoms with Crippen LogP contribution in [0.4, 0.5) is 5.69 Å². The summed E-state index contributed by atoms with van der Waals surface area (Å²) in [7, 11) is -3.88.